The van der Waals surface area contributed by atoms with Crippen LogP contribution in [0, 0.1) is 25.2 Å². The lowest BCUT2D eigenvalue weighted by molar-refractivity contribution is 0.418. The van der Waals surface area contributed by atoms with Crippen molar-refractivity contribution >= 4 is 5.82 Å². The van der Waals surface area contributed by atoms with E-state index in [2.05, 4.69) is 30.2 Å². The van der Waals surface area contributed by atoms with Gasteiger partial charge in [0.15, 0.2) is 0 Å². The second-order valence-corrected chi connectivity index (χ2v) is 4.84. The van der Waals surface area contributed by atoms with Gasteiger partial charge >= 0.3 is 0 Å². The largest absolute Gasteiger partial charge is 0.367 e. The normalized spacial score (nSPS) is 11.1. The van der Waals surface area contributed by atoms with Gasteiger partial charge in [-0.25, -0.2) is 4.98 Å². The van der Waals surface area contributed by atoms with Gasteiger partial charge in [-0.3, -0.25) is 0 Å². The third-order valence-electron chi connectivity index (χ3n) is 3.47. The van der Waals surface area contributed by atoms with Crippen LogP contribution in [0.3, 0.4) is 0 Å². The summed E-state index contributed by atoms with van der Waals surface area (Å²) in [7, 11) is 0. The van der Waals surface area contributed by atoms with Crippen molar-refractivity contribution in [2.45, 2.75) is 46.1 Å². The van der Waals surface area contributed by atoms with E-state index in [-0.39, 0.29) is 5.54 Å². The van der Waals surface area contributed by atoms with E-state index in [1.165, 1.54) is 0 Å². The number of nitriles is 1. The van der Waals surface area contributed by atoms with Gasteiger partial charge in [0.1, 0.15) is 11.9 Å². The first-order valence-corrected chi connectivity index (χ1v) is 6.37. The summed E-state index contributed by atoms with van der Waals surface area (Å²) in [5.41, 5.74) is 8.46. The van der Waals surface area contributed by atoms with E-state index in [0.29, 0.717) is 17.9 Å². The van der Waals surface area contributed by atoms with Crippen LogP contribution < -0.4 is 11.1 Å². The van der Waals surface area contributed by atoms with Crippen molar-refractivity contribution in [3.05, 3.63) is 22.9 Å². The lowest BCUT2D eigenvalue weighted by atomic mass is 9.94. The molecule has 4 heteroatoms. The zero-order chi connectivity index (χ0) is 13.8. The van der Waals surface area contributed by atoms with Crippen LogP contribution >= 0.6 is 0 Å². The van der Waals surface area contributed by atoms with Crippen LogP contribution in [0.2, 0.25) is 0 Å². The molecule has 0 aliphatic rings. The Bertz CT molecular complexity index is 456. The molecule has 1 rings (SSSR count). The van der Waals surface area contributed by atoms with E-state index in [9.17, 15) is 5.26 Å². The summed E-state index contributed by atoms with van der Waals surface area (Å²) in [5, 5.41) is 12.4. The molecule has 0 saturated carbocycles. The predicted molar refractivity (Wildman–Crippen MR) is 74.4 cm³/mol. The van der Waals surface area contributed by atoms with Gasteiger partial charge in [-0.15, -0.1) is 0 Å². The van der Waals surface area contributed by atoms with Crippen LogP contribution in [0.15, 0.2) is 6.07 Å². The maximum Gasteiger partial charge on any atom is 0.144 e. The van der Waals surface area contributed by atoms with E-state index in [1.54, 1.807) is 0 Å². The molecule has 0 aliphatic heterocycles. The summed E-state index contributed by atoms with van der Waals surface area (Å²) in [6.07, 6.45) is 1.78. The van der Waals surface area contributed by atoms with E-state index in [4.69, 9.17) is 5.73 Å². The standard InChI is InChI=1S/C14H22N4/c1-5-14(16,6-2)9-17-13-12(8-15)10(3)7-11(4)18-13/h7H,5-6,9,16H2,1-4H3,(H,17,18). The maximum absolute atomic E-state index is 9.17. The summed E-state index contributed by atoms with van der Waals surface area (Å²) in [5.74, 6) is 0.645. The van der Waals surface area contributed by atoms with Crippen molar-refractivity contribution < 1.29 is 0 Å². The number of aromatic nitrogens is 1. The van der Waals surface area contributed by atoms with Gasteiger partial charge in [-0.05, 0) is 38.3 Å². The van der Waals surface area contributed by atoms with Crippen LogP contribution in [0.4, 0.5) is 5.82 Å². The SMILES string of the molecule is CCC(N)(CC)CNc1nc(C)cc(C)c1C#N. The number of hydrogen-bond acceptors (Lipinski definition) is 4. The second-order valence-electron chi connectivity index (χ2n) is 4.84. The molecule has 0 saturated heterocycles. The van der Waals surface area contributed by atoms with Gasteiger partial charge in [0.05, 0.1) is 5.56 Å². The molecule has 18 heavy (non-hydrogen) atoms. The fraction of sp³-hybridized carbons (Fsp3) is 0.571. The van der Waals surface area contributed by atoms with E-state index in [1.807, 2.05) is 19.9 Å². The maximum atomic E-state index is 9.17. The number of aryl methyl sites for hydroxylation is 2. The van der Waals surface area contributed by atoms with Crippen LogP contribution in [0.25, 0.3) is 0 Å². The number of nitrogens with one attached hydrogen (secondary N) is 1. The van der Waals surface area contributed by atoms with Gasteiger partial charge < -0.3 is 11.1 Å². The second kappa shape index (κ2) is 5.83. The monoisotopic (exact) mass is 246 g/mol. The van der Waals surface area contributed by atoms with Gasteiger partial charge in [0.25, 0.3) is 0 Å². The Hall–Kier alpha value is -1.60. The van der Waals surface area contributed by atoms with Gasteiger partial charge in [0.2, 0.25) is 0 Å². The molecule has 0 fully saturated rings. The van der Waals surface area contributed by atoms with Gasteiger partial charge in [0, 0.05) is 17.8 Å². The minimum Gasteiger partial charge on any atom is -0.367 e. The highest BCUT2D eigenvalue weighted by Crippen LogP contribution is 2.19. The molecule has 0 bridgehead atoms. The number of nitrogens with two attached hydrogens (primary N) is 1. The average Bonchev–Trinajstić information content (AvgIpc) is 2.35. The molecule has 1 heterocycles. The molecule has 0 unspecified atom stereocenters. The Balaban J connectivity index is 2.95. The van der Waals surface area contributed by atoms with Crippen molar-refractivity contribution in [3.8, 4) is 6.07 Å². The van der Waals surface area contributed by atoms with Crippen molar-refractivity contribution in [1.29, 1.82) is 5.26 Å². The lowest BCUT2D eigenvalue weighted by Gasteiger charge is -2.27. The Morgan fingerprint density at radius 2 is 2.00 bits per heavy atom. The molecule has 3 N–H and O–H groups in total. The Labute approximate surface area is 109 Å². The summed E-state index contributed by atoms with van der Waals surface area (Å²) < 4.78 is 0. The summed E-state index contributed by atoms with van der Waals surface area (Å²) in [6.45, 7) is 8.63. The average molecular weight is 246 g/mol. The van der Waals surface area contributed by atoms with E-state index in [0.717, 1.165) is 24.1 Å². The molecule has 0 aromatic carbocycles. The highest BCUT2D eigenvalue weighted by atomic mass is 15.0. The van der Waals surface area contributed by atoms with Crippen LogP contribution in [-0.2, 0) is 0 Å². The topological polar surface area (TPSA) is 74.7 Å². The lowest BCUT2D eigenvalue weighted by Crippen LogP contribution is -2.45. The number of hydrogen-bond donors (Lipinski definition) is 2. The summed E-state index contributed by atoms with van der Waals surface area (Å²) in [6, 6.07) is 4.11. The molecule has 1 aromatic heterocycles. The predicted octanol–water partition coefficient (Wildman–Crippen LogP) is 2.50. The van der Waals surface area contributed by atoms with E-state index < -0.39 is 0 Å². The molecular formula is C14H22N4. The first-order valence-electron chi connectivity index (χ1n) is 6.37. The third-order valence-corrected chi connectivity index (χ3v) is 3.47. The number of nitrogens with zero attached hydrogens (tertiary/aromatic N) is 2. The molecule has 0 amide bonds. The molecule has 1 aromatic rings. The minimum absolute atomic E-state index is 0.244. The van der Waals surface area contributed by atoms with Crippen LogP contribution in [0.1, 0.15) is 43.5 Å². The molecule has 0 spiro atoms. The van der Waals surface area contributed by atoms with E-state index >= 15 is 0 Å². The Morgan fingerprint density at radius 1 is 1.39 bits per heavy atom. The van der Waals surface area contributed by atoms with Crippen LogP contribution in [-0.4, -0.2) is 17.1 Å². The van der Waals surface area contributed by atoms with Gasteiger partial charge in [-0.2, -0.15) is 5.26 Å². The minimum atomic E-state index is -0.244. The summed E-state index contributed by atoms with van der Waals surface area (Å²) in [4.78, 5) is 4.39. The Kier molecular flexibility index (Phi) is 4.69. The van der Waals surface area contributed by atoms with Crippen LogP contribution in [0.5, 0.6) is 0 Å². The Morgan fingerprint density at radius 3 is 2.50 bits per heavy atom. The highest BCUT2D eigenvalue weighted by Gasteiger charge is 2.20. The first kappa shape index (κ1) is 14.5. The quantitative estimate of drug-likeness (QED) is 0.837. The highest BCUT2D eigenvalue weighted by molar-refractivity contribution is 5.56. The number of anilines is 1. The van der Waals surface area contributed by atoms with Crippen molar-refractivity contribution in [3.63, 3.8) is 0 Å². The molecule has 4 nitrogen and oxygen atoms in total. The molecule has 0 atom stereocenters. The van der Waals surface area contributed by atoms with Crippen molar-refractivity contribution in [2.75, 3.05) is 11.9 Å². The smallest absolute Gasteiger partial charge is 0.144 e. The molecule has 98 valence electrons. The van der Waals surface area contributed by atoms with Crippen molar-refractivity contribution in [1.82, 2.24) is 4.98 Å². The van der Waals surface area contributed by atoms with Gasteiger partial charge in [-0.1, -0.05) is 13.8 Å². The molecule has 0 aliphatic carbocycles. The zero-order valence-corrected chi connectivity index (χ0v) is 11.7. The fourth-order valence-corrected chi connectivity index (χ4v) is 1.87. The molecular weight excluding hydrogens is 224 g/mol. The number of rotatable bonds is 5. The third kappa shape index (κ3) is 3.21. The first-order chi connectivity index (χ1) is 8.45. The molecule has 0 radical (unpaired) electrons. The zero-order valence-electron chi connectivity index (χ0n) is 11.7. The van der Waals surface area contributed by atoms with Crippen molar-refractivity contribution in [2.24, 2.45) is 5.73 Å². The number of pyridine rings is 1. The summed E-state index contributed by atoms with van der Waals surface area (Å²) >= 11 is 0. The fourth-order valence-electron chi connectivity index (χ4n) is 1.87.